The summed E-state index contributed by atoms with van der Waals surface area (Å²) < 4.78 is 36.6. The molecule has 0 bridgehead atoms. The van der Waals surface area contributed by atoms with Gasteiger partial charge in [0.1, 0.15) is 0 Å². The second-order valence-corrected chi connectivity index (χ2v) is 2.71. The molecule has 0 aliphatic carbocycles. The maximum Gasteiger partial charge on any atom is 0.434 e. The fourth-order valence-electron chi connectivity index (χ4n) is 0.958. The molecule has 0 aliphatic rings. The summed E-state index contributed by atoms with van der Waals surface area (Å²) in [4.78, 5) is 13.5. The summed E-state index contributed by atoms with van der Waals surface area (Å²) >= 11 is 0. The van der Waals surface area contributed by atoms with Crippen LogP contribution in [0.4, 0.5) is 13.2 Å². The van der Waals surface area contributed by atoms with Gasteiger partial charge in [0.25, 0.3) is 0 Å². The molecule has 1 rings (SSSR count). The molecule has 0 fully saturated rings. The van der Waals surface area contributed by atoms with Crippen LogP contribution in [-0.4, -0.2) is 16.1 Å². The second-order valence-electron chi connectivity index (χ2n) is 2.71. The highest BCUT2D eigenvalue weighted by molar-refractivity contribution is 5.89. The Hall–Kier alpha value is -1.59. The van der Waals surface area contributed by atoms with E-state index in [2.05, 4.69) is 4.98 Å². The van der Waals surface area contributed by atoms with E-state index >= 15 is 0 Å². The third-order valence-corrected chi connectivity index (χ3v) is 1.52. The molecule has 0 aliphatic heterocycles. The van der Waals surface area contributed by atoms with Crippen LogP contribution in [0.2, 0.25) is 0 Å². The lowest BCUT2D eigenvalue weighted by atomic mass is 10.1. The summed E-state index contributed by atoms with van der Waals surface area (Å²) in [5, 5.41) is 8.51. The van der Waals surface area contributed by atoms with E-state index in [4.69, 9.17) is 5.11 Å². The number of aromatic carboxylic acids is 1. The van der Waals surface area contributed by atoms with Crippen LogP contribution in [0.3, 0.4) is 0 Å². The number of carboxylic acid groups (broad SMARTS) is 1. The minimum Gasteiger partial charge on any atom is -0.478 e. The lowest BCUT2D eigenvalue weighted by Crippen LogP contribution is -2.15. The van der Waals surface area contributed by atoms with Crippen molar-refractivity contribution in [3.05, 3.63) is 29.1 Å². The number of alkyl halides is 3. The Labute approximate surface area is 77.2 Å². The minimum absolute atomic E-state index is 0.371. The van der Waals surface area contributed by atoms with Gasteiger partial charge >= 0.3 is 12.1 Å². The van der Waals surface area contributed by atoms with Gasteiger partial charge in [0, 0.05) is 6.20 Å². The van der Waals surface area contributed by atoms with Crippen LogP contribution in [0.25, 0.3) is 0 Å². The quantitative estimate of drug-likeness (QED) is 0.763. The van der Waals surface area contributed by atoms with E-state index in [1.807, 2.05) is 0 Å². The molecule has 3 nitrogen and oxygen atoms in total. The van der Waals surface area contributed by atoms with E-state index in [1.54, 1.807) is 0 Å². The number of carbonyl (C=O) groups is 1. The van der Waals surface area contributed by atoms with Crippen LogP contribution in [-0.2, 0) is 6.18 Å². The number of halogens is 3. The van der Waals surface area contributed by atoms with Crippen molar-refractivity contribution in [2.45, 2.75) is 13.1 Å². The Bertz CT molecular complexity index is 373. The summed E-state index contributed by atoms with van der Waals surface area (Å²) in [5.41, 5.74) is -1.82. The maximum atomic E-state index is 12.2. The molecule has 1 aromatic rings. The summed E-state index contributed by atoms with van der Waals surface area (Å²) in [6.45, 7) is 1.47. The summed E-state index contributed by atoms with van der Waals surface area (Å²) in [5.74, 6) is -1.63. The largest absolute Gasteiger partial charge is 0.478 e. The average Bonchev–Trinajstić information content (AvgIpc) is 2.01. The lowest BCUT2D eigenvalue weighted by Gasteiger charge is -2.08. The topological polar surface area (TPSA) is 50.2 Å². The Kier molecular flexibility index (Phi) is 2.46. The zero-order valence-corrected chi connectivity index (χ0v) is 7.09. The van der Waals surface area contributed by atoms with Gasteiger partial charge in [-0.05, 0) is 18.6 Å². The Balaban J connectivity index is 3.37. The van der Waals surface area contributed by atoms with Crippen molar-refractivity contribution < 1.29 is 23.1 Å². The molecule has 0 atom stereocenters. The van der Waals surface area contributed by atoms with Crippen molar-refractivity contribution in [3.63, 3.8) is 0 Å². The zero-order valence-electron chi connectivity index (χ0n) is 7.09. The lowest BCUT2D eigenvalue weighted by molar-refractivity contribution is -0.141. The fraction of sp³-hybridized carbons (Fsp3) is 0.250. The highest BCUT2D eigenvalue weighted by atomic mass is 19.4. The molecule has 0 spiro atoms. The van der Waals surface area contributed by atoms with Crippen LogP contribution in [0.1, 0.15) is 21.6 Å². The first-order valence-corrected chi connectivity index (χ1v) is 3.59. The van der Waals surface area contributed by atoms with Crippen molar-refractivity contribution in [2.24, 2.45) is 0 Å². The van der Waals surface area contributed by atoms with Crippen LogP contribution >= 0.6 is 0 Å². The number of aryl methyl sites for hydroxylation is 1. The number of rotatable bonds is 1. The first kappa shape index (κ1) is 10.5. The first-order chi connectivity index (χ1) is 6.32. The molecule has 0 aromatic carbocycles. The fourth-order valence-corrected chi connectivity index (χ4v) is 0.958. The summed E-state index contributed by atoms with van der Waals surface area (Å²) in [6, 6.07) is 0.943. The molecule has 14 heavy (non-hydrogen) atoms. The Morgan fingerprint density at radius 2 is 2.07 bits per heavy atom. The van der Waals surface area contributed by atoms with Gasteiger partial charge < -0.3 is 5.11 Å². The second kappa shape index (κ2) is 3.28. The standard InChI is InChI=1S/C8H6F3NO2/c1-4-2-5(7(13)14)6(12-3-4)8(9,10)11/h2-3H,1H3,(H,13,14). The molecule has 6 heteroatoms. The molecule has 1 heterocycles. The van der Waals surface area contributed by atoms with Crippen molar-refractivity contribution in [3.8, 4) is 0 Å². The number of pyridine rings is 1. The SMILES string of the molecule is Cc1cnc(C(F)(F)F)c(C(=O)O)c1. The van der Waals surface area contributed by atoms with Crippen molar-refractivity contribution in [1.82, 2.24) is 4.98 Å². The van der Waals surface area contributed by atoms with Crippen molar-refractivity contribution in [1.29, 1.82) is 0 Å². The molecular formula is C8H6F3NO2. The van der Waals surface area contributed by atoms with Crippen LogP contribution in [0, 0.1) is 6.92 Å². The van der Waals surface area contributed by atoms with E-state index in [-0.39, 0.29) is 0 Å². The van der Waals surface area contributed by atoms with Gasteiger partial charge in [-0.3, -0.25) is 4.98 Å². The number of hydrogen-bond donors (Lipinski definition) is 1. The Morgan fingerprint density at radius 1 is 1.50 bits per heavy atom. The average molecular weight is 205 g/mol. The predicted octanol–water partition coefficient (Wildman–Crippen LogP) is 2.11. The summed E-state index contributed by atoms with van der Waals surface area (Å²) in [6.07, 6.45) is -3.75. The maximum absolute atomic E-state index is 12.2. The van der Waals surface area contributed by atoms with Gasteiger partial charge in [-0.25, -0.2) is 4.79 Å². The molecule has 0 amide bonds. The van der Waals surface area contributed by atoms with E-state index < -0.39 is 23.4 Å². The third-order valence-electron chi connectivity index (χ3n) is 1.52. The zero-order chi connectivity index (χ0) is 10.9. The monoisotopic (exact) mass is 205 g/mol. The van der Waals surface area contributed by atoms with Crippen molar-refractivity contribution in [2.75, 3.05) is 0 Å². The molecule has 0 unspecified atom stereocenters. The number of carboxylic acids is 1. The molecule has 1 aromatic heterocycles. The molecular weight excluding hydrogens is 199 g/mol. The van der Waals surface area contributed by atoms with Gasteiger partial charge in [0.15, 0.2) is 5.69 Å². The van der Waals surface area contributed by atoms with E-state index in [0.29, 0.717) is 5.56 Å². The predicted molar refractivity (Wildman–Crippen MR) is 40.9 cm³/mol. The molecule has 0 saturated carbocycles. The number of aromatic nitrogens is 1. The molecule has 76 valence electrons. The number of hydrogen-bond acceptors (Lipinski definition) is 2. The van der Waals surface area contributed by atoms with Gasteiger partial charge in [0.2, 0.25) is 0 Å². The van der Waals surface area contributed by atoms with Gasteiger partial charge in [-0.2, -0.15) is 13.2 Å². The van der Waals surface area contributed by atoms with Crippen LogP contribution in [0.5, 0.6) is 0 Å². The summed E-state index contributed by atoms with van der Waals surface area (Å²) in [7, 11) is 0. The van der Waals surface area contributed by atoms with Crippen LogP contribution in [0.15, 0.2) is 12.3 Å². The van der Waals surface area contributed by atoms with Crippen LogP contribution < -0.4 is 0 Å². The third kappa shape index (κ3) is 2.01. The normalized spacial score (nSPS) is 11.4. The van der Waals surface area contributed by atoms with Crippen molar-refractivity contribution >= 4 is 5.97 Å². The Morgan fingerprint density at radius 3 is 2.50 bits per heavy atom. The molecule has 0 radical (unpaired) electrons. The van der Waals surface area contributed by atoms with Gasteiger partial charge in [-0.1, -0.05) is 0 Å². The number of nitrogens with zero attached hydrogens (tertiary/aromatic N) is 1. The first-order valence-electron chi connectivity index (χ1n) is 3.59. The highest BCUT2D eigenvalue weighted by Gasteiger charge is 2.37. The molecule has 1 N–H and O–H groups in total. The van der Waals surface area contributed by atoms with E-state index in [0.717, 1.165) is 12.3 Å². The van der Waals surface area contributed by atoms with Gasteiger partial charge in [-0.15, -0.1) is 0 Å². The van der Waals surface area contributed by atoms with E-state index in [9.17, 15) is 18.0 Å². The van der Waals surface area contributed by atoms with Gasteiger partial charge in [0.05, 0.1) is 5.56 Å². The minimum atomic E-state index is -4.73. The highest BCUT2D eigenvalue weighted by Crippen LogP contribution is 2.30. The van der Waals surface area contributed by atoms with E-state index in [1.165, 1.54) is 6.92 Å². The smallest absolute Gasteiger partial charge is 0.434 e. The molecule has 0 saturated heterocycles.